The molecule has 0 atom stereocenters. The summed E-state index contributed by atoms with van der Waals surface area (Å²) >= 11 is 0. The van der Waals surface area contributed by atoms with Crippen LogP contribution in [0.1, 0.15) is 41.2 Å². The highest BCUT2D eigenvalue weighted by Gasteiger charge is 2.41. The molecule has 2 N–H and O–H groups in total. The molecule has 4 aromatic heterocycles. The van der Waals surface area contributed by atoms with Gasteiger partial charge in [0.05, 0.1) is 11.4 Å². The number of nitrogens with zero attached hydrogens (tertiary/aromatic N) is 8. The molecule has 11 heteroatoms. The summed E-state index contributed by atoms with van der Waals surface area (Å²) < 4.78 is 1.67. The number of carbonyl (C=O) groups excluding carboxylic acids is 1. The van der Waals surface area contributed by atoms with Gasteiger partial charge in [0.15, 0.2) is 5.82 Å². The molecule has 0 bridgehead atoms. The lowest BCUT2D eigenvalue weighted by molar-refractivity contribution is -0.152. The Morgan fingerprint density at radius 1 is 1.16 bits per heavy atom. The van der Waals surface area contributed by atoms with Crippen molar-refractivity contribution in [3.05, 3.63) is 77.3 Å². The number of nitrogens with one attached hydrogen (secondary N) is 1. The number of hydrogen-bond acceptors (Lipinski definition) is 8. The van der Waals surface area contributed by atoms with Crippen LogP contribution in [0.15, 0.2) is 48.9 Å². The van der Waals surface area contributed by atoms with Crippen molar-refractivity contribution in [2.24, 2.45) is 0 Å². The van der Waals surface area contributed by atoms with Crippen LogP contribution in [0.5, 0.6) is 0 Å². The summed E-state index contributed by atoms with van der Waals surface area (Å²) in [5.74, 6) is 1.03. The fraction of sp³-hybridized carbons (Fsp3) is 0.385. The zero-order valence-corrected chi connectivity index (χ0v) is 21.3. The summed E-state index contributed by atoms with van der Waals surface area (Å²) in [6.07, 6.45) is 6.46. The SMILES string of the molecule is Cc1cc(Cc2cc(C)[nH]n2)nc(N2CCC(O)(C(=O)N(C)Cc3ccc(-n4cccn4)nc3)CC2)n1. The van der Waals surface area contributed by atoms with Gasteiger partial charge in [-0.15, -0.1) is 0 Å². The average molecular weight is 502 g/mol. The molecule has 0 spiro atoms. The fourth-order valence-corrected chi connectivity index (χ4v) is 4.64. The molecule has 192 valence electrons. The van der Waals surface area contributed by atoms with E-state index in [1.807, 2.05) is 55.3 Å². The van der Waals surface area contributed by atoms with E-state index < -0.39 is 5.60 Å². The monoisotopic (exact) mass is 501 g/mol. The molecule has 0 saturated carbocycles. The van der Waals surface area contributed by atoms with Gasteiger partial charge in [0.2, 0.25) is 5.95 Å². The number of aryl methyl sites for hydroxylation is 2. The predicted molar refractivity (Wildman–Crippen MR) is 137 cm³/mol. The minimum Gasteiger partial charge on any atom is -0.380 e. The van der Waals surface area contributed by atoms with Crippen molar-refractivity contribution in [3.63, 3.8) is 0 Å². The van der Waals surface area contributed by atoms with Gasteiger partial charge in [-0.25, -0.2) is 19.6 Å². The highest BCUT2D eigenvalue weighted by Crippen LogP contribution is 2.27. The summed E-state index contributed by atoms with van der Waals surface area (Å²) in [6.45, 7) is 5.24. The second kappa shape index (κ2) is 10.1. The Hall–Kier alpha value is -4.12. The van der Waals surface area contributed by atoms with Crippen LogP contribution >= 0.6 is 0 Å². The largest absolute Gasteiger partial charge is 0.380 e. The molecule has 1 aliphatic heterocycles. The molecule has 1 amide bonds. The Bertz CT molecular complexity index is 1360. The molecule has 0 unspecified atom stereocenters. The minimum atomic E-state index is -1.42. The van der Waals surface area contributed by atoms with Crippen molar-refractivity contribution in [2.75, 3.05) is 25.0 Å². The van der Waals surface area contributed by atoms with E-state index >= 15 is 0 Å². The first-order valence-electron chi connectivity index (χ1n) is 12.3. The molecular formula is C26H31N9O2. The second-order valence-corrected chi connectivity index (χ2v) is 9.67. The number of hydrogen-bond donors (Lipinski definition) is 2. The van der Waals surface area contributed by atoms with Gasteiger partial charge < -0.3 is 14.9 Å². The first kappa shape index (κ1) is 24.6. The maximum Gasteiger partial charge on any atom is 0.254 e. The van der Waals surface area contributed by atoms with E-state index in [9.17, 15) is 9.90 Å². The Balaban J connectivity index is 1.20. The van der Waals surface area contributed by atoms with E-state index in [1.165, 1.54) is 0 Å². The zero-order valence-electron chi connectivity index (χ0n) is 21.3. The van der Waals surface area contributed by atoms with Crippen molar-refractivity contribution in [2.45, 2.75) is 45.3 Å². The summed E-state index contributed by atoms with van der Waals surface area (Å²) in [5.41, 5.74) is 3.14. The number of amides is 1. The van der Waals surface area contributed by atoms with Crippen molar-refractivity contribution in [3.8, 4) is 5.82 Å². The average Bonchev–Trinajstić information content (AvgIpc) is 3.56. The van der Waals surface area contributed by atoms with Gasteiger partial charge in [-0.3, -0.25) is 9.89 Å². The summed E-state index contributed by atoms with van der Waals surface area (Å²) in [6, 6.07) is 9.57. The fourth-order valence-electron chi connectivity index (χ4n) is 4.64. The molecule has 1 saturated heterocycles. The third kappa shape index (κ3) is 5.51. The van der Waals surface area contributed by atoms with E-state index in [2.05, 4.69) is 25.3 Å². The van der Waals surface area contributed by atoms with E-state index in [4.69, 9.17) is 4.98 Å². The summed E-state index contributed by atoms with van der Waals surface area (Å²) in [7, 11) is 1.71. The number of aromatic amines is 1. The van der Waals surface area contributed by atoms with E-state index in [0.29, 0.717) is 50.7 Å². The van der Waals surface area contributed by atoms with Crippen LogP contribution in [-0.2, 0) is 17.8 Å². The maximum absolute atomic E-state index is 13.2. The van der Waals surface area contributed by atoms with E-state index in [1.54, 1.807) is 29.0 Å². The Morgan fingerprint density at radius 2 is 1.97 bits per heavy atom. The van der Waals surface area contributed by atoms with Gasteiger partial charge in [0.25, 0.3) is 5.91 Å². The van der Waals surface area contributed by atoms with Crippen LogP contribution < -0.4 is 4.90 Å². The summed E-state index contributed by atoms with van der Waals surface area (Å²) in [5, 5.41) is 22.7. The highest BCUT2D eigenvalue weighted by molar-refractivity contribution is 5.85. The zero-order chi connectivity index (χ0) is 26.0. The van der Waals surface area contributed by atoms with Crippen LogP contribution in [0.3, 0.4) is 0 Å². The number of carbonyl (C=O) groups is 1. The van der Waals surface area contributed by atoms with E-state index in [-0.39, 0.29) is 5.91 Å². The molecule has 1 aliphatic rings. The van der Waals surface area contributed by atoms with Crippen molar-refractivity contribution >= 4 is 11.9 Å². The number of rotatable bonds is 7. The molecule has 37 heavy (non-hydrogen) atoms. The van der Waals surface area contributed by atoms with Crippen LogP contribution in [0, 0.1) is 13.8 Å². The lowest BCUT2D eigenvalue weighted by atomic mass is 9.90. The molecule has 4 aromatic rings. The van der Waals surface area contributed by atoms with Gasteiger partial charge >= 0.3 is 0 Å². The minimum absolute atomic E-state index is 0.289. The smallest absolute Gasteiger partial charge is 0.254 e. The van der Waals surface area contributed by atoms with Crippen molar-refractivity contribution < 1.29 is 9.90 Å². The van der Waals surface area contributed by atoms with Crippen LogP contribution in [-0.4, -0.2) is 76.6 Å². The molecule has 11 nitrogen and oxygen atoms in total. The number of piperidine rings is 1. The normalized spacial score (nSPS) is 15.1. The lowest BCUT2D eigenvalue weighted by Gasteiger charge is -2.39. The van der Waals surface area contributed by atoms with Gasteiger partial charge in [0, 0.05) is 75.9 Å². The van der Waals surface area contributed by atoms with E-state index in [0.717, 1.165) is 28.3 Å². The second-order valence-electron chi connectivity index (χ2n) is 9.67. The third-order valence-electron chi connectivity index (χ3n) is 6.60. The molecular weight excluding hydrogens is 470 g/mol. The molecule has 1 fully saturated rings. The lowest BCUT2D eigenvalue weighted by Crippen LogP contribution is -2.54. The van der Waals surface area contributed by atoms with Crippen LogP contribution in [0.4, 0.5) is 5.95 Å². The van der Waals surface area contributed by atoms with Crippen molar-refractivity contribution in [1.29, 1.82) is 0 Å². The first-order chi connectivity index (χ1) is 17.8. The van der Waals surface area contributed by atoms with Gasteiger partial charge in [-0.05, 0) is 43.7 Å². The highest BCUT2D eigenvalue weighted by atomic mass is 16.3. The molecule has 0 aromatic carbocycles. The molecule has 5 rings (SSSR count). The maximum atomic E-state index is 13.2. The molecule has 5 heterocycles. The number of aromatic nitrogens is 7. The standard InChI is InChI=1S/C26H31N9O2/c1-18-13-21(15-22-14-19(2)31-32-22)30-25(29-18)34-11-7-26(37,8-12-34)24(36)33(3)17-20-5-6-23(27-16-20)35-10-4-9-28-35/h4-6,9-10,13-14,16,37H,7-8,11-12,15,17H2,1-3H3,(H,31,32). The molecule has 0 radical (unpaired) electrons. The number of anilines is 1. The topological polar surface area (TPSA) is 129 Å². The first-order valence-corrected chi connectivity index (χ1v) is 12.3. The Labute approximate surface area is 215 Å². The summed E-state index contributed by atoms with van der Waals surface area (Å²) in [4.78, 5) is 30.6. The Morgan fingerprint density at radius 3 is 2.62 bits per heavy atom. The number of aliphatic hydroxyl groups is 1. The predicted octanol–water partition coefficient (Wildman–Crippen LogP) is 1.98. The van der Waals surface area contributed by atoms with Gasteiger partial charge in [0.1, 0.15) is 5.60 Å². The van der Waals surface area contributed by atoms with Gasteiger partial charge in [-0.2, -0.15) is 10.2 Å². The van der Waals surface area contributed by atoms with Crippen LogP contribution in [0.2, 0.25) is 0 Å². The number of likely N-dealkylation sites (N-methyl/N-ethyl adjacent to an activating group) is 1. The molecule has 0 aliphatic carbocycles. The number of H-pyrrole nitrogens is 1. The van der Waals surface area contributed by atoms with Crippen molar-refractivity contribution in [1.82, 2.24) is 39.8 Å². The quantitative estimate of drug-likeness (QED) is 0.393. The number of pyridine rings is 1. The third-order valence-corrected chi connectivity index (χ3v) is 6.60. The Kier molecular flexibility index (Phi) is 6.70. The van der Waals surface area contributed by atoms with Crippen LogP contribution in [0.25, 0.3) is 5.82 Å². The van der Waals surface area contributed by atoms with Gasteiger partial charge in [-0.1, -0.05) is 6.07 Å².